The van der Waals surface area contributed by atoms with E-state index in [1.165, 1.54) is 18.2 Å². The predicted molar refractivity (Wildman–Crippen MR) is 66.0 cm³/mol. The van der Waals surface area contributed by atoms with Gasteiger partial charge < -0.3 is 4.90 Å². The molecule has 0 aliphatic carbocycles. The molecule has 1 fully saturated rings. The third-order valence-electron chi connectivity index (χ3n) is 3.28. The number of rotatable bonds is 3. The van der Waals surface area contributed by atoms with E-state index < -0.39 is 5.82 Å². The number of hydrogen-bond donors (Lipinski definition) is 0. The SMILES string of the molecule is CN1CCC[C@H]1CC(=O)c1cc(F)cc(Cl)c1. The Hall–Kier alpha value is -0.930. The lowest BCUT2D eigenvalue weighted by Crippen LogP contribution is -2.27. The van der Waals surface area contributed by atoms with Crippen LogP contribution in [0.15, 0.2) is 18.2 Å². The molecule has 17 heavy (non-hydrogen) atoms. The number of hydrogen-bond acceptors (Lipinski definition) is 2. The highest BCUT2D eigenvalue weighted by Crippen LogP contribution is 2.21. The molecule has 0 spiro atoms. The Bertz CT molecular complexity index is 415. The molecule has 1 aliphatic heterocycles. The largest absolute Gasteiger partial charge is 0.303 e. The van der Waals surface area contributed by atoms with Crippen molar-refractivity contribution in [2.45, 2.75) is 25.3 Å². The van der Waals surface area contributed by atoms with Gasteiger partial charge in [-0.05, 0) is 44.6 Å². The van der Waals surface area contributed by atoms with E-state index >= 15 is 0 Å². The van der Waals surface area contributed by atoms with Crippen molar-refractivity contribution >= 4 is 17.4 Å². The maximum absolute atomic E-state index is 13.1. The van der Waals surface area contributed by atoms with Crippen molar-refractivity contribution in [3.8, 4) is 0 Å². The summed E-state index contributed by atoms with van der Waals surface area (Å²) in [6.45, 7) is 1.03. The molecule has 0 bridgehead atoms. The lowest BCUT2D eigenvalue weighted by Gasteiger charge is -2.18. The van der Waals surface area contributed by atoms with Gasteiger partial charge in [0, 0.05) is 23.0 Å². The first-order valence-corrected chi connectivity index (χ1v) is 6.13. The minimum Gasteiger partial charge on any atom is -0.303 e. The number of likely N-dealkylation sites (tertiary alicyclic amines) is 1. The highest BCUT2D eigenvalue weighted by molar-refractivity contribution is 6.31. The normalized spacial score (nSPS) is 20.8. The van der Waals surface area contributed by atoms with Crippen molar-refractivity contribution in [2.24, 2.45) is 0 Å². The van der Waals surface area contributed by atoms with Gasteiger partial charge in [0.1, 0.15) is 5.82 Å². The van der Waals surface area contributed by atoms with Gasteiger partial charge in [-0.1, -0.05) is 11.6 Å². The molecular formula is C13H15ClFNO. The number of carbonyl (C=O) groups is 1. The second-order valence-corrected chi connectivity index (χ2v) is 5.00. The van der Waals surface area contributed by atoms with Crippen molar-refractivity contribution in [2.75, 3.05) is 13.6 Å². The van der Waals surface area contributed by atoms with Gasteiger partial charge in [-0.3, -0.25) is 4.79 Å². The third-order valence-corrected chi connectivity index (χ3v) is 3.50. The van der Waals surface area contributed by atoms with Crippen LogP contribution in [0.4, 0.5) is 4.39 Å². The highest BCUT2D eigenvalue weighted by Gasteiger charge is 2.24. The maximum atomic E-state index is 13.1. The number of nitrogens with zero attached hydrogens (tertiary/aromatic N) is 1. The maximum Gasteiger partial charge on any atom is 0.164 e. The first kappa shape index (κ1) is 12.5. The molecule has 1 saturated heterocycles. The van der Waals surface area contributed by atoms with Gasteiger partial charge in [0.2, 0.25) is 0 Å². The van der Waals surface area contributed by atoms with Crippen LogP contribution in [0.1, 0.15) is 29.6 Å². The number of benzene rings is 1. The van der Waals surface area contributed by atoms with E-state index in [0.29, 0.717) is 12.0 Å². The van der Waals surface area contributed by atoms with Gasteiger partial charge in [-0.15, -0.1) is 0 Å². The average Bonchev–Trinajstić information content (AvgIpc) is 2.63. The predicted octanol–water partition coefficient (Wildman–Crippen LogP) is 3.15. The molecule has 0 saturated carbocycles. The molecule has 92 valence electrons. The molecule has 4 heteroatoms. The van der Waals surface area contributed by atoms with Crippen molar-refractivity contribution in [1.29, 1.82) is 0 Å². The summed E-state index contributed by atoms with van der Waals surface area (Å²) >= 11 is 5.74. The minimum atomic E-state index is -0.458. The van der Waals surface area contributed by atoms with Crippen molar-refractivity contribution in [3.05, 3.63) is 34.6 Å². The number of halogens is 2. The molecule has 1 aromatic rings. The van der Waals surface area contributed by atoms with E-state index in [0.717, 1.165) is 19.4 Å². The molecule has 0 amide bonds. The summed E-state index contributed by atoms with van der Waals surface area (Å²) in [6, 6.07) is 4.27. The molecule has 1 aromatic carbocycles. The summed E-state index contributed by atoms with van der Waals surface area (Å²) in [4.78, 5) is 14.2. The molecule has 1 heterocycles. The summed E-state index contributed by atoms with van der Waals surface area (Å²) in [5, 5.41) is 0.271. The van der Waals surface area contributed by atoms with E-state index in [1.54, 1.807) is 0 Å². The Morgan fingerprint density at radius 2 is 2.29 bits per heavy atom. The topological polar surface area (TPSA) is 20.3 Å². The zero-order valence-electron chi connectivity index (χ0n) is 9.75. The fourth-order valence-electron chi connectivity index (χ4n) is 2.28. The fraction of sp³-hybridized carbons (Fsp3) is 0.462. The molecule has 1 atom stereocenters. The zero-order valence-corrected chi connectivity index (χ0v) is 10.5. The van der Waals surface area contributed by atoms with Crippen LogP contribution in [0.25, 0.3) is 0 Å². The van der Waals surface area contributed by atoms with Gasteiger partial charge in [-0.2, -0.15) is 0 Å². The minimum absolute atomic E-state index is 0.0369. The number of Topliss-reactive ketones (excluding diaryl/α,β-unsaturated/α-hetero) is 1. The third kappa shape index (κ3) is 3.05. The molecule has 0 unspecified atom stereocenters. The Kier molecular flexibility index (Phi) is 3.79. The molecule has 0 radical (unpaired) electrons. The van der Waals surface area contributed by atoms with E-state index in [1.807, 2.05) is 7.05 Å². The Morgan fingerprint density at radius 1 is 1.53 bits per heavy atom. The molecule has 2 nitrogen and oxygen atoms in total. The van der Waals surface area contributed by atoms with E-state index in [-0.39, 0.29) is 16.8 Å². The molecule has 0 aromatic heterocycles. The second-order valence-electron chi connectivity index (χ2n) is 4.56. The molecular weight excluding hydrogens is 241 g/mol. The van der Waals surface area contributed by atoms with Crippen molar-refractivity contribution in [3.63, 3.8) is 0 Å². The first-order valence-electron chi connectivity index (χ1n) is 5.76. The Morgan fingerprint density at radius 3 is 2.88 bits per heavy atom. The summed E-state index contributed by atoms with van der Waals surface area (Å²) in [5.41, 5.74) is 0.371. The quantitative estimate of drug-likeness (QED) is 0.774. The molecule has 2 rings (SSSR count). The van der Waals surface area contributed by atoms with Crippen LogP contribution in [0.5, 0.6) is 0 Å². The van der Waals surface area contributed by atoms with Crippen LogP contribution >= 0.6 is 11.6 Å². The summed E-state index contributed by atoms with van der Waals surface area (Å²) in [6.07, 6.45) is 2.60. The highest BCUT2D eigenvalue weighted by atomic mass is 35.5. The van der Waals surface area contributed by atoms with Crippen molar-refractivity contribution in [1.82, 2.24) is 4.90 Å². The van der Waals surface area contributed by atoms with Crippen LogP contribution in [-0.2, 0) is 0 Å². The fourth-order valence-corrected chi connectivity index (χ4v) is 2.51. The first-order chi connectivity index (χ1) is 8.06. The molecule has 0 N–H and O–H groups in total. The molecule has 1 aliphatic rings. The average molecular weight is 256 g/mol. The van der Waals surface area contributed by atoms with Crippen LogP contribution < -0.4 is 0 Å². The monoisotopic (exact) mass is 255 g/mol. The van der Waals surface area contributed by atoms with Gasteiger partial charge in [-0.25, -0.2) is 4.39 Å². The van der Waals surface area contributed by atoms with Gasteiger partial charge in [0.15, 0.2) is 5.78 Å². The summed E-state index contributed by atoms with van der Waals surface area (Å²) < 4.78 is 13.1. The second kappa shape index (κ2) is 5.15. The van der Waals surface area contributed by atoms with Crippen LogP contribution in [0.3, 0.4) is 0 Å². The lowest BCUT2D eigenvalue weighted by atomic mass is 10.0. The Labute approximate surface area is 105 Å². The smallest absolute Gasteiger partial charge is 0.164 e. The van der Waals surface area contributed by atoms with Gasteiger partial charge in [0.25, 0.3) is 0 Å². The summed E-state index contributed by atoms with van der Waals surface area (Å²) in [5.74, 6) is -0.495. The van der Waals surface area contributed by atoms with E-state index in [2.05, 4.69) is 4.90 Å². The van der Waals surface area contributed by atoms with E-state index in [4.69, 9.17) is 11.6 Å². The Balaban J connectivity index is 2.09. The van der Waals surface area contributed by atoms with Gasteiger partial charge >= 0.3 is 0 Å². The van der Waals surface area contributed by atoms with Crippen LogP contribution in [-0.4, -0.2) is 30.3 Å². The number of carbonyl (C=O) groups excluding carboxylic acids is 1. The van der Waals surface area contributed by atoms with Gasteiger partial charge in [0.05, 0.1) is 0 Å². The zero-order chi connectivity index (χ0) is 12.4. The standard InChI is InChI=1S/C13H15ClFNO/c1-16-4-2-3-12(16)8-13(17)9-5-10(14)7-11(15)6-9/h5-7,12H,2-4,8H2,1H3/t12-/m0/s1. The lowest BCUT2D eigenvalue weighted by molar-refractivity contribution is 0.0950. The summed E-state index contributed by atoms with van der Waals surface area (Å²) in [7, 11) is 2.02. The van der Waals surface area contributed by atoms with Crippen LogP contribution in [0.2, 0.25) is 5.02 Å². The number of ketones is 1. The van der Waals surface area contributed by atoms with Crippen LogP contribution in [0, 0.1) is 5.82 Å². The van der Waals surface area contributed by atoms with Crippen molar-refractivity contribution < 1.29 is 9.18 Å². The van der Waals surface area contributed by atoms with E-state index in [9.17, 15) is 9.18 Å².